The number of nitriles is 1. The van der Waals surface area contributed by atoms with E-state index in [2.05, 4.69) is 16.4 Å². The van der Waals surface area contributed by atoms with Crippen molar-refractivity contribution in [2.75, 3.05) is 5.32 Å². The number of aryl methyl sites for hydroxylation is 2. The first-order valence-electron chi connectivity index (χ1n) is 6.03. The van der Waals surface area contributed by atoms with Gasteiger partial charge in [-0.05, 0) is 43.2 Å². The van der Waals surface area contributed by atoms with Crippen molar-refractivity contribution in [1.82, 2.24) is 4.98 Å². The maximum Gasteiger partial charge on any atom is 0.272 e. The molecule has 0 unspecified atom stereocenters. The minimum atomic E-state index is -0.163. The first-order chi connectivity index (χ1) is 9.10. The van der Waals surface area contributed by atoms with Crippen molar-refractivity contribution in [2.45, 2.75) is 20.3 Å². The molecule has 0 saturated carbocycles. The number of benzene rings is 1. The molecule has 0 bridgehead atoms. The van der Waals surface area contributed by atoms with Gasteiger partial charge >= 0.3 is 0 Å². The van der Waals surface area contributed by atoms with Gasteiger partial charge in [0.2, 0.25) is 0 Å². The van der Waals surface area contributed by atoms with Gasteiger partial charge in [0.15, 0.2) is 0 Å². The zero-order valence-electron chi connectivity index (χ0n) is 10.9. The number of hydrogen-bond donors (Lipinski definition) is 2. The molecule has 1 aromatic heterocycles. The molecule has 0 aliphatic heterocycles. The summed E-state index contributed by atoms with van der Waals surface area (Å²) in [7, 11) is 0. The summed E-state index contributed by atoms with van der Waals surface area (Å²) in [6.07, 6.45) is 0.378. The average molecular weight is 253 g/mol. The summed E-state index contributed by atoms with van der Waals surface area (Å²) in [6, 6.07) is 11.2. The summed E-state index contributed by atoms with van der Waals surface area (Å²) in [4.78, 5) is 15.0. The Morgan fingerprint density at radius 3 is 2.53 bits per heavy atom. The molecule has 19 heavy (non-hydrogen) atoms. The number of nitrogens with zero attached hydrogens (tertiary/aromatic N) is 1. The summed E-state index contributed by atoms with van der Waals surface area (Å²) < 4.78 is 0. The smallest absolute Gasteiger partial charge is 0.272 e. The highest BCUT2D eigenvalue weighted by Gasteiger charge is 2.09. The number of rotatable bonds is 3. The van der Waals surface area contributed by atoms with Crippen molar-refractivity contribution in [3.63, 3.8) is 0 Å². The molecule has 2 N–H and O–H groups in total. The van der Waals surface area contributed by atoms with Gasteiger partial charge in [0.1, 0.15) is 5.69 Å². The van der Waals surface area contributed by atoms with Crippen molar-refractivity contribution in [3.05, 3.63) is 52.8 Å². The molecule has 1 heterocycles. The first kappa shape index (κ1) is 12.9. The Bertz CT molecular complexity index is 613. The van der Waals surface area contributed by atoms with Crippen LogP contribution in [0.3, 0.4) is 0 Å². The molecule has 2 rings (SSSR count). The van der Waals surface area contributed by atoms with Crippen LogP contribution in [-0.4, -0.2) is 10.9 Å². The molecule has 1 aromatic carbocycles. The van der Waals surface area contributed by atoms with Crippen LogP contribution in [0, 0.1) is 25.2 Å². The van der Waals surface area contributed by atoms with E-state index < -0.39 is 0 Å². The molecule has 4 nitrogen and oxygen atoms in total. The lowest BCUT2D eigenvalue weighted by molar-refractivity contribution is 0.102. The maximum absolute atomic E-state index is 12.0. The number of amides is 1. The average Bonchev–Trinajstić information content (AvgIpc) is 2.72. The number of carbonyl (C=O) groups is 1. The third-order valence-corrected chi connectivity index (χ3v) is 3.01. The lowest BCUT2D eigenvalue weighted by Crippen LogP contribution is -2.12. The van der Waals surface area contributed by atoms with Crippen molar-refractivity contribution in [3.8, 4) is 6.07 Å². The highest BCUT2D eigenvalue weighted by molar-refractivity contribution is 6.03. The maximum atomic E-state index is 12.0. The van der Waals surface area contributed by atoms with Gasteiger partial charge in [0.25, 0.3) is 5.91 Å². The molecular formula is C15H15N3O. The summed E-state index contributed by atoms with van der Waals surface area (Å²) in [5.41, 5.74) is 4.27. The zero-order valence-corrected chi connectivity index (χ0v) is 10.9. The van der Waals surface area contributed by atoms with Gasteiger partial charge < -0.3 is 10.3 Å². The fraction of sp³-hybridized carbons (Fsp3) is 0.200. The molecule has 0 saturated heterocycles. The minimum absolute atomic E-state index is 0.163. The molecule has 0 radical (unpaired) electrons. The van der Waals surface area contributed by atoms with Gasteiger partial charge in [-0.3, -0.25) is 4.79 Å². The van der Waals surface area contributed by atoms with Crippen LogP contribution in [0.1, 0.15) is 27.3 Å². The van der Waals surface area contributed by atoms with E-state index in [4.69, 9.17) is 5.26 Å². The van der Waals surface area contributed by atoms with Crippen LogP contribution in [0.25, 0.3) is 0 Å². The van der Waals surface area contributed by atoms with Crippen molar-refractivity contribution in [2.24, 2.45) is 0 Å². The van der Waals surface area contributed by atoms with Crippen LogP contribution in [-0.2, 0) is 6.42 Å². The quantitative estimate of drug-likeness (QED) is 0.883. The fourth-order valence-corrected chi connectivity index (χ4v) is 1.78. The van der Waals surface area contributed by atoms with E-state index in [1.165, 1.54) is 0 Å². The lowest BCUT2D eigenvalue weighted by atomic mass is 10.1. The Balaban J connectivity index is 2.08. The van der Waals surface area contributed by atoms with Gasteiger partial charge in [-0.25, -0.2) is 0 Å². The lowest BCUT2D eigenvalue weighted by Gasteiger charge is -2.04. The topological polar surface area (TPSA) is 68.7 Å². The number of hydrogen-bond acceptors (Lipinski definition) is 2. The molecule has 0 atom stereocenters. The van der Waals surface area contributed by atoms with E-state index in [1.807, 2.05) is 32.0 Å². The Labute approximate surface area is 112 Å². The van der Waals surface area contributed by atoms with Crippen LogP contribution in [0.5, 0.6) is 0 Å². The van der Waals surface area contributed by atoms with Gasteiger partial charge in [0, 0.05) is 11.4 Å². The van der Waals surface area contributed by atoms with Crippen LogP contribution in [0.15, 0.2) is 30.3 Å². The second-order valence-electron chi connectivity index (χ2n) is 4.48. The van der Waals surface area contributed by atoms with Crippen LogP contribution in [0.2, 0.25) is 0 Å². The molecule has 1 amide bonds. The molecule has 0 spiro atoms. The molecule has 96 valence electrons. The fourth-order valence-electron chi connectivity index (χ4n) is 1.78. The van der Waals surface area contributed by atoms with Gasteiger partial charge in [-0.2, -0.15) is 5.26 Å². The molecule has 0 aliphatic rings. The van der Waals surface area contributed by atoms with E-state index in [9.17, 15) is 4.79 Å². The Kier molecular flexibility index (Phi) is 3.67. The van der Waals surface area contributed by atoms with E-state index in [0.29, 0.717) is 12.1 Å². The summed E-state index contributed by atoms with van der Waals surface area (Å²) in [6.45, 7) is 3.89. The number of nitrogens with one attached hydrogen (secondary N) is 2. The Morgan fingerprint density at radius 2 is 2.00 bits per heavy atom. The number of H-pyrrole nitrogens is 1. The van der Waals surface area contributed by atoms with E-state index >= 15 is 0 Å². The first-order valence-corrected chi connectivity index (χ1v) is 6.03. The molecule has 4 heteroatoms. The zero-order chi connectivity index (χ0) is 13.8. The number of aromatic amines is 1. The highest BCUT2D eigenvalue weighted by atomic mass is 16.1. The molecular weight excluding hydrogens is 238 g/mol. The second-order valence-corrected chi connectivity index (χ2v) is 4.48. The van der Waals surface area contributed by atoms with Crippen molar-refractivity contribution < 1.29 is 4.79 Å². The minimum Gasteiger partial charge on any atom is -0.354 e. The largest absolute Gasteiger partial charge is 0.354 e. The standard InChI is InChI=1S/C15H15N3O/c1-10-9-14(17-11(10)2)15(19)18-13-5-3-12(4-6-13)7-8-16/h3-6,9,17H,7H2,1-2H3,(H,18,19). The van der Waals surface area contributed by atoms with Gasteiger partial charge in [-0.15, -0.1) is 0 Å². The predicted molar refractivity (Wildman–Crippen MR) is 74.0 cm³/mol. The van der Waals surface area contributed by atoms with Crippen LogP contribution in [0.4, 0.5) is 5.69 Å². The SMILES string of the molecule is Cc1cc(C(=O)Nc2ccc(CC#N)cc2)[nH]c1C. The van der Waals surface area contributed by atoms with Gasteiger partial charge in [-0.1, -0.05) is 12.1 Å². The van der Waals surface area contributed by atoms with Crippen LogP contribution >= 0.6 is 0 Å². The molecule has 0 fully saturated rings. The number of carbonyl (C=O) groups excluding carboxylic acids is 1. The van der Waals surface area contributed by atoms with Crippen molar-refractivity contribution >= 4 is 11.6 Å². The Morgan fingerprint density at radius 1 is 1.32 bits per heavy atom. The summed E-state index contributed by atoms with van der Waals surface area (Å²) in [5, 5.41) is 11.4. The van der Waals surface area contributed by atoms with E-state index in [-0.39, 0.29) is 5.91 Å². The second kappa shape index (κ2) is 5.40. The van der Waals surface area contributed by atoms with Crippen LogP contribution < -0.4 is 5.32 Å². The summed E-state index contributed by atoms with van der Waals surface area (Å²) in [5.74, 6) is -0.163. The number of aromatic nitrogens is 1. The van der Waals surface area contributed by atoms with E-state index in [0.717, 1.165) is 22.5 Å². The van der Waals surface area contributed by atoms with Gasteiger partial charge in [0.05, 0.1) is 12.5 Å². The Hall–Kier alpha value is -2.54. The normalized spacial score (nSPS) is 9.95. The summed E-state index contributed by atoms with van der Waals surface area (Å²) >= 11 is 0. The van der Waals surface area contributed by atoms with Crippen molar-refractivity contribution in [1.29, 1.82) is 5.26 Å². The number of anilines is 1. The molecule has 0 aliphatic carbocycles. The van der Waals surface area contributed by atoms with E-state index in [1.54, 1.807) is 12.1 Å². The highest BCUT2D eigenvalue weighted by Crippen LogP contribution is 2.13. The predicted octanol–water partition coefficient (Wildman–Crippen LogP) is 2.95. The third kappa shape index (κ3) is 3.02. The monoisotopic (exact) mass is 253 g/mol. The third-order valence-electron chi connectivity index (χ3n) is 3.01. The molecule has 2 aromatic rings.